The van der Waals surface area contributed by atoms with Crippen LogP contribution in [0.1, 0.15) is 18.4 Å². The van der Waals surface area contributed by atoms with Gasteiger partial charge < -0.3 is 10.6 Å². The number of nitrogens with one attached hydrogen (secondary N) is 2. The number of sulfonamides is 1. The van der Waals surface area contributed by atoms with Crippen LogP contribution in [-0.4, -0.2) is 53.4 Å². The van der Waals surface area contributed by atoms with Crippen LogP contribution in [0.25, 0.3) is 0 Å². The SMILES string of the molecule is NS(=O)(=O)c1ccc(CCNCCC(=O)NC2CCS(=O)(=O)C2)cc1. The number of benzene rings is 1. The van der Waals surface area contributed by atoms with Gasteiger partial charge in [0.2, 0.25) is 15.9 Å². The number of hydrogen-bond acceptors (Lipinski definition) is 6. The van der Waals surface area contributed by atoms with Crippen LogP contribution in [-0.2, 0) is 31.1 Å². The Labute approximate surface area is 148 Å². The van der Waals surface area contributed by atoms with E-state index < -0.39 is 19.9 Å². The summed E-state index contributed by atoms with van der Waals surface area (Å²) in [6.07, 6.45) is 1.45. The minimum Gasteiger partial charge on any atom is -0.352 e. The van der Waals surface area contributed by atoms with Gasteiger partial charge in [-0.25, -0.2) is 22.0 Å². The molecular formula is C15H23N3O5S2. The number of sulfone groups is 1. The third-order valence-corrected chi connectivity index (χ3v) is 6.67. The lowest BCUT2D eigenvalue weighted by Gasteiger charge is -2.11. The summed E-state index contributed by atoms with van der Waals surface area (Å²) < 4.78 is 45.0. The molecule has 25 heavy (non-hydrogen) atoms. The van der Waals surface area contributed by atoms with Crippen molar-refractivity contribution in [3.63, 3.8) is 0 Å². The zero-order valence-electron chi connectivity index (χ0n) is 13.8. The third-order valence-electron chi connectivity index (χ3n) is 3.97. The van der Waals surface area contributed by atoms with Gasteiger partial charge in [-0.2, -0.15) is 0 Å². The molecule has 0 saturated carbocycles. The molecule has 0 bridgehead atoms. The molecule has 0 aromatic heterocycles. The fraction of sp³-hybridized carbons (Fsp3) is 0.533. The van der Waals surface area contributed by atoms with Crippen LogP contribution >= 0.6 is 0 Å². The first-order valence-corrected chi connectivity index (χ1v) is 11.3. The molecule has 1 aliphatic heterocycles. The fourth-order valence-electron chi connectivity index (χ4n) is 2.61. The predicted molar refractivity (Wildman–Crippen MR) is 94.2 cm³/mol. The number of amides is 1. The van der Waals surface area contributed by atoms with E-state index in [0.29, 0.717) is 25.9 Å². The van der Waals surface area contributed by atoms with Crippen molar-refractivity contribution >= 4 is 25.8 Å². The zero-order chi connectivity index (χ0) is 18.5. The van der Waals surface area contributed by atoms with Crippen molar-refractivity contribution in [2.45, 2.75) is 30.2 Å². The molecule has 4 N–H and O–H groups in total. The van der Waals surface area contributed by atoms with Gasteiger partial charge in [0.25, 0.3) is 0 Å². The number of primary sulfonamides is 1. The average molecular weight is 389 g/mol. The molecule has 1 aromatic carbocycles. The van der Waals surface area contributed by atoms with E-state index in [1.807, 2.05) is 0 Å². The molecule has 140 valence electrons. The van der Waals surface area contributed by atoms with Gasteiger partial charge >= 0.3 is 0 Å². The Hall–Kier alpha value is -1.49. The molecule has 1 aromatic rings. The monoisotopic (exact) mass is 389 g/mol. The summed E-state index contributed by atoms with van der Waals surface area (Å²) in [6, 6.07) is 6.07. The Morgan fingerprint density at radius 1 is 1.20 bits per heavy atom. The highest BCUT2D eigenvalue weighted by molar-refractivity contribution is 7.91. The number of nitrogens with two attached hydrogens (primary N) is 1. The van der Waals surface area contributed by atoms with Gasteiger partial charge in [0.05, 0.1) is 16.4 Å². The van der Waals surface area contributed by atoms with Crippen LogP contribution in [0.15, 0.2) is 29.2 Å². The molecule has 0 spiro atoms. The molecule has 8 nitrogen and oxygen atoms in total. The summed E-state index contributed by atoms with van der Waals surface area (Å²) in [4.78, 5) is 11.8. The van der Waals surface area contributed by atoms with E-state index >= 15 is 0 Å². The number of carbonyl (C=O) groups is 1. The maximum atomic E-state index is 11.8. The van der Waals surface area contributed by atoms with Crippen molar-refractivity contribution < 1.29 is 21.6 Å². The first kappa shape index (κ1) is 19.8. The summed E-state index contributed by atoms with van der Waals surface area (Å²) in [7, 11) is -6.66. The Bertz CT molecular complexity index is 804. The molecule has 0 aliphatic carbocycles. The largest absolute Gasteiger partial charge is 0.352 e. The van der Waals surface area contributed by atoms with Crippen LogP contribution < -0.4 is 15.8 Å². The first-order valence-electron chi connectivity index (χ1n) is 7.98. The molecule has 1 aliphatic rings. The number of rotatable bonds is 8. The standard InChI is InChI=1S/C15H23N3O5S2/c16-25(22,23)14-3-1-12(2-4-14)5-8-17-9-6-15(19)18-13-7-10-24(20,21)11-13/h1-4,13,17H,5-11H2,(H,18,19)(H2,16,22,23). The topological polar surface area (TPSA) is 135 Å². The maximum Gasteiger partial charge on any atom is 0.238 e. The molecule has 1 saturated heterocycles. The van der Waals surface area contributed by atoms with Crippen molar-refractivity contribution in [1.29, 1.82) is 0 Å². The Morgan fingerprint density at radius 2 is 1.88 bits per heavy atom. The molecule has 1 amide bonds. The molecular weight excluding hydrogens is 366 g/mol. The van der Waals surface area contributed by atoms with E-state index in [0.717, 1.165) is 5.56 Å². The highest BCUT2D eigenvalue weighted by atomic mass is 32.2. The molecule has 10 heteroatoms. The lowest BCUT2D eigenvalue weighted by Crippen LogP contribution is -2.37. The van der Waals surface area contributed by atoms with E-state index in [4.69, 9.17) is 5.14 Å². The summed E-state index contributed by atoms with van der Waals surface area (Å²) in [5, 5.41) is 10.9. The highest BCUT2D eigenvalue weighted by Gasteiger charge is 2.28. The quantitative estimate of drug-likeness (QED) is 0.496. The minimum absolute atomic E-state index is 0.0285. The molecule has 1 unspecified atom stereocenters. The van der Waals surface area contributed by atoms with E-state index in [2.05, 4.69) is 10.6 Å². The predicted octanol–water partition coefficient (Wildman–Crippen LogP) is -0.840. The van der Waals surface area contributed by atoms with Gasteiger partial charge in [0, 0.05) is 19.0 Å². The normalized spacial score (nSPS) is 19.6. The zero-order valence-corrected chi connectivity index (χ0v) is 15.4. The van der Waals surface area contributed by atoms with Gasteiger partial charge in [-0.1, -0.05) is 12.1 Å². The third kappa shape index (κ3) is 6.73. The second-order valence-electron chi connectivity index (χ2n) is 6.11. The van der Waals surface area contributed by atoms with Gasteiger partial charge in [-0.15, -0.1) is 0 Å². The Morgan fingerprint density at radius 3 is 2.44 bits per heavy atom. The second-order valence-corrected chi connectivity index (χ2v) is 9.90. The van der Waals surface area contributed by atoms with Crippen molar-refractivity contribution in [3.8, 4) is 0 Å². The Balaban J connectivity index is 1.62. The van der Waals surface area contributed by atoms with Crippen LogP contribution in [0.2, 0.25) is 0 Å². The van der Waals surface area contributed by atoms with Crippen molar-refractivity contribution in [3.05, 3.63) is 29.8 Å². The number of carbonyl (C=O) groups excluding carboxylic acids is 1. The van der Waals surface area contributed by atoms with Gasteiger partial charge in [0.1, 0.15) is 0 Å². The van der Waals surface area contributed by atoms with E-state index in [-0.39, 0.29) is 34.8 Å². The van der Waals surface area contributed by atoms with E-state index in [9.17, 15) is 21.6 Å². The summed E-state index contributed by atoms with van der Waals surface area (Å²) in [5.74, 6) is 0.00770. The van der Waals surface area contributed by atoms with Gasteiger partial charge in [0.15, 0.2) is 9.84 Å². The average Bonchev–Trinajstić information content (AvgIpc) is 2.85. The van der Waals surface area contributed by atoms with Crippen molar-refractivity contribution in [2.24, 2.45) is 5.14 Å². The second kappa shape index (κ2) is 8.26. The van der Waals surface area contributed by atoms with Gasteiger partial charge in [-0.3, -0.25) is 4.79 Å². The van der Waals surface area contributed by atoms with Crippen LogP contribution in [0.4, 0.5) is 0 Å². The van der Waals surface area contributed by atoms with Crippen LogP contribution in [0, 0.1) is 0 Å². The fourth-order valence-corrected chi connectivity index (χ4v) is 4.80. The molecule has 1 fully saturated rings. The Kier molecular flexibility index (Phi) is 6.55. The van der Waals surface area contributed by atoms with E-state index in [1.165, 1.54) is 12.1 Å². The maximum absolute atomic E-state index is 11.8. The smallest absolute Gasteiger partial charge is 0.238 e. The molecule has 1 heterocycles. The van der Waals surface area contributed by atoms with Crippen LogP contribution in [0.5, 0.6) is 0 Å². The summed E-state index contributed by atoms with van der Waals surface area (Å²) in [5.41, 5.74) is 0.959. The molecule has 1 atom stereocenters. The summed E-state index contributed by atoms with van der Waals surface area (Å²) in [6.45, 7) is 1.13. The van der Waals surface area contributed by atoms with Crippen molar-refractivity contribution in [2.75, 3.05) is 24.6 Å². The minimum atomic E-state index is -3.67. The lowest BCUT2D eigenvalue weighted by molar-refractivity contribution is -0.121. The van der Waals surface area contributed by atoms with Crippen LogP contribution in [0.3, 0.4) is 0 Å². The van der Waals surface area contributed by atoms with Gasteiger partial charge in [-0.05, 0) is 37.1 Å². The molecule has 2 rings (SSSR count). The first-order chi connectivity index (χ1) is 11.7. The lowest BCUT2D eigenvalue weighted by atomic mass is 10.1. The highest BCUT2D eigenvalue weighted by Crippen LogP contribution is 2.11. The van der Waals surface area contributed by atoms with E-state index in [1.54, 1.807) is 12.1 Å². The number of hydrogen-bond donors (Lipinski definition) is 3. The van der Waals surface area contributed by atoms with Crippen molar-refractivity contribution in [1.82, 2.24) is 10.6 Å². The molecule has 0 radical (unpaired) electrons. The summed E-state index contributed by atoms with van der Waals surface area (Å²) >= 11 is 0.